The number of carbonyl (C=O) groups is 1. The molecule has 0 fully saturated rings. The van der Waals surface area contributed by atoms with Gasteiger partial charge in [-0.2, -0.15) is 0 Å². The largest absolute Gasteiger partial charge is 0.480 e. The van der Waals surface area contributed by atoms with Gasteiger partial charge in [-0.25, -0.2) is 0 Å². The Labute approximate surface area is 107 Å². The van der Waals surface area contributed by atoms with Crippen molar-refractivity contribution >= 4 is 17.6 Å². The zero-order chi connectivity index (χ0) is 12.8. The van der Waals surface area contributed by atoms with Crippen LogP contribution in [0.15, 0.2) is 18.2 Å². The molecule has 0 amide bonds. The van der Waals surface area contributed by atoms with Gasteiger partial charge >= 0.3 is 5.97 Å². The van der Waals surface area contributed by atoms with Crippen LogP contribution in [0.25, 0.3) is 0 Å². The monoisotopic (exact) mass is 255 g/mol. The zero-order valence-corrected chi connectivity index (χ0v) is 11.0. The summed E-state index contributed by atoms with van der Waals surface area (Å²) in [6.07, 6.45) is 0.937. The fourth-order valence-corrected chi connectivity index (χ4v) is 1.92. The van der Waals surface area contributed by atoms with E-state index in [0.29, 0.717) is 6.54 Å². The van der Waals surface area contributed by atoms with Crippen molar-refractivity contribution in [2.45, 2.75) is 26.8 Å². The summed E-state index contributed by atoms with van der Waals surface area (Å²) >= 11 is 6.05. The van der Waals surface area contributed by atoms with Gasteiger partial charge in [0.05, 0.1) is 6.54 Å². The molecule has 1 rings (SSSR count). The van der Waals surface area contributed by atoms with Crippen LogP contribution in [0.2, 0.25) is 5.02 Å². The van der Waals surface area contributed by atoms with Gasteiger partial charge in [0.15, 0.2) is 0 Å². The maximum atomic E-state index is 10.7. The smallest absolute Gasteiger partial charge is 0.317 e. The Hall–Kier alpha value is -1.06. The summed E-state index contributed by atoms with van der Waals surface area (Å²) in [7, 11) is 0. The minimum absolute atomic E-state index is 0.0688. The van der Waals surface area contributed by atoms with Crippen LogP contribution >= 0.6 is 11.6 Å². The first-order valence-electron chi connectivity index (χ1n) is 5.72. The highest BCUT2D eigenvalue weighted by atomic mass is 35.5. The number of benzene rings is 1. The lowest BCUT2D eigenvalue weighted by atomic mass is 10.1. The van der Waals surface area contributed by atoms with Crippen LogP contribution < -0.4 is 0 Å². The highest BCUT2D eigenvalue weighted by molar-refractivity contribution is 6.31. The van der Waals surface area contributed by atoms with Gasteiger partial charge in [0.1, 0.15) is 0 Å². The second-order valence-electron chi connectivity index (χ2n) is 4.19. The molecule has 0 aliphatic rings. The quantitative estimate of drug-likeness (QED) is 0.850. The Balaban J connectivity index is 2.71. The average molecular weight is 256 g/mol. The second kappa shape index (κ2) is 6.62. The van der Waals surface area contributed by atoms with E-state index < -0.39 is 5.97 Å². The van der Waals surface area contributed by atoms with E-state index in [0.717, 1.165) is 29.1 Å². The number of carboxylic acids is 1. The summed E-state index contributed by atoms with van der Waals surface area (Å²) < 4.78 is 0. The van der Waals surface area contributed by atoms with Gasteiger partial charge in [-0.15, -0.1) is 0 Å². The normalized spacial score (nSPS) is 10.8. The van der Waals surface area contributed by atoms with Crippen molar-refractivity contribution in [3.8, 4) is 0 Å². The van der Waals surface area contributed by atoms with E-state index in [1.165, 1.54) is 0 Å². The third-order valence-electron chi connectivity index (χ3n) is 2.54. The average Bonchev–Trinajstić information content (AvgIpc) is 2.23. The van der Waals surface area contributed by atoms with Crippen molar-refractivity contribution in [1.29, 1.82) is 0 Å². The zero-order valence-electron chi connectivity index (χ0n) is 10.2. The van der Waals surface area contributed by atoms with Gasteiger partial charge in [0.2, 0.25) is 0 Å². The minimum Gasteiger partial charge on any atom is -0.480 e. The number of carboxylic acid groups (broad SMARTS) is 1. The SMILES string of the molecule is CCCN(CC(=O)O)Cc1ccc(C)c(Cl)c1. The van der Waals surface area contributed by atoms with Crippen LogP contribution in [0.1, 0.15) is 24.5 Å². The van der Waals surface area contributed by atoms with Gasteiger partial charge in [0, 0.05) is 11.6 Å². The molecule has 0 saturated heterocycles. The number of halogens is 1. The van der Waals surface area contributed by atoms with E-state index in [9.17, 15) is 4.79 Å². The predicted octanol–water partition coefficient (Wildman–Crippen LogP) is 2.95. The molecule has 4 heteroatoms. The summed E-state index contributed by atoms with van der Waals surface area (Å²) in [6, 6.07) is 5.86. The first kappa shape index (κ1) is 14.0. The molecule has 0 unspecified atom stereocenters. The van der Waals surface area contributed by atoms with Crippen molar-refractivity contribution in [3.05, 3.63) is 34.3 Å². The summed E-state index contributed by atoms with van der Waals surface area (Å²) in [4.78, 5) is 12.6. The van der Waals surface area contributed by atoms with Crippen LogP contribution in [-0.4, -0.2) is 29.1 Å². The van der Waals surface area contributed by atoms with E-state index >= 15 is 0 Å². The summed E-state index contributed by atoms with van der Waals surface area (Å²) in [5, 5.41) is 9.55. The Morgan fingerprint density at radius 2 is 2.18 bits per heavy atom. The van der Waals surface area contributed by atoms with Crippen molar-refractivity contribution in [1.82, 2.24) is 4.90 Å². The van der Waals surface area contributed by atoms with Crippen molar-refractivity contribution < 1.29 is 9.90 Å². The Bertz CT molecular complexity index is 393. The van der Waals surface area contributed by atoms with Crippen LogP contribution in [0.4, 0.5) is 0 Å². The lowest BCUT2D eigenvalue weighted by molar-refractivity contribution is -0.138. The highest BCUT2D eigenvalue weighted by Gasteiger charge is 2.09. The molecule has 0 radical (unpaired) electrons. The fraction of sp³-hybridized carbons (Fsp3) is 0.462. The minimum atomic E-state index is -0.795. The molecule has 17 heavy (non-hydrogen) atoms. The topological polar surface area (TPSA) is 40.5 Å². The first-order valence-corrected chi connectivity index (χ1v) is 6.10. The molecule has 0 aromatic heterocycles. The number of rotatable bonds is 6. The molecule has 0 spiro atoms. The van der Waals surface area contributed by atoms with Crippen molar-refractivity contribution in [3.63, 3.8) is 0 Å². The van der Waals surface area contributed by atoms with Crippen molar-refractivity contribution in [2.24, 2.45) is 0 Å². The second-order valence-corrected chi connectivity index (χ2v) is 4.60. The van der Waals surface area contributed by atoms with Gasteiger partial charge in [-0.3, -0.25) is 9.69 Å². The summed E-state index contributed by atoms with van der Waals surface area (Å²) in [6.45, 7) is 5.46. The molecule has 1 N–H and O–H groups in total. The van der Waals surface area contributed by atoms with Crippen LogP contribution in [0, 0.1) is 6.92 Å². The van der Waals surface area contributed by atoms with Gasteiger partial charge in [-0.05, 0) is 37.1 Å². The molecular weight excluding hydrogens is 238 g/mol. The van der Waals surface area contributed by atoms with Gasteiger partial charge in [0.25, 0.3) is 0 Å². The van der Waals surface area contributed by atoms with Crippen LogP contribution in [0.3, 0.4) is 0 Å². The molecular formula is C13H18ClNO2. The molecule has 0 atom stereocenters. The molecule has 0 aliphatic heterocycles. The standard InChI is InChI=1S/C13H18ClNO2/c1-3-6-15(9-13(16)17)8-11-5-4-10(2)12(14)7-11/h4-5,7H,3,6,8-9H2,1-2H3,(H,16,17). The Kier molecular flexibility index (Phi) is 5.45. The number of aryl methyl sites for hydroxylation is 1. The van der Waals surface area contributed by atoms with E-state index in [1.807, 2.05) is 36.9 Å². The Morgan fingerprint density at radius 1 is 1.47 bits per heavy atom. The highest BCUT2D eigenvalue weighted by Crippen LogP contribution is 2.17. The lowest BCUT2D eigenvalue weighted by Gasteiger charge is -2.19. The Morgan fingerprint density at radius 3 is 2.71 bits per heavy atom. The third kappa shape index (κ3) is 4.75. The molecule has 1 aromatic carbocycles. The van der Waals surface area contributed by atoms with E-state index in [4.69, 9.17) is 16.7 Å². The van der Waals surface area contributed by atoms with E-state index in [-0.39, 0.29) is 6.54 Å². The van der Waals surface area contributed by atoms with Gasteiger partial charge < -0.3 is 5.11 Å². The number of hydrogen-bond donors (Lipinski definition) is 1. The molecule has 1 aromatic rings. The maximum absolute atomic E-state index is 10.7. The van der Waals surface area contributed by atoms with E-state index in [1.54, 1.807) is 0 Å². The van der Waals surface area contributed by atoms with E-state index in [2.05, 4.69) is 0 Å². The predicted molar refractivity (Wildman–Crippen MR) is 69.4 cm³/mol. The maximum Gasteiger partial charge on any atom is 0.317 e. The third-order valence-corrected chi connectivity index (χ3v) is 2.95. The molecule has 94 valence electrons. The molecule has 0 heterocycles. The number of nitrogens with zero attached hydrogens (tertiary/aromatic N) is 1. The molecule has 3 nitrogen and oxygen atoms in total. The van der Waals surface area contributed by atoms with Crippen LogP contribution in [-0.2, 0) is 11.3 Å². The first-order chi connectivity index (χ1) is 8.02. The van der Waals surface area contributed by atoms with Crippen LogP contribution in [0.5, 0.6) is 0 Å². The van der Waals surface area contributed by atoms with Gasteiger partial charge in [-0.1, -0.05) is 30.7 Å². The molecule has 0 aliphatic carbocycles. The molecule has 0 saturated carbocycles. The number of hydrogen-bond acceptors (Lipinski definition) is 2. The lowest BCUT2D eigenvalue weighted by Crippen LogP contribution is -2.30. The summed E-state index contributed by atoms with van der Waals surface area (Å²) in [5.41, 5.74) is 2.09. The molecule has 0 bridgehead atoms. The van der Waals surface area contributed by atoms with Crippen molar-refractivity contribution in [2.75, 3.05) is 13.1 Å². The fourth-order valence-electron chi connectivity index (χ4n) is 1.71. The summed E-state index contributed by atoms with van der Waals surface area (Å²) in [5.74, 6) is -0.795. The number of aliphatic carboxylic acids is 1.